The summed E-state index contributed by atoms with van der Waals surface area (Å²) in [5, 5.41) is 16.5. The minimum absolute atomic E-state index is 0.0650. The van der Waals surface area contributed by atoms with E-state index in [4.69, 9.17) is 15.7 Å². The summed E-state index contributed by atoms with van der Waals surface area (Å²) in [7, 11) is 3.76. The van der Waals surface area contributed by atoms with E-state index in [2.05, 4.69) is 109 Å². The monoisotopic (exact) mass is 1130 g/mol. The van der Waals surface area contributed by atoms with Gasteiger partial charge in [-0.15, -0.1) is 0 Å². The molecule has 5 amide bonds. The molecule has 19 nitrogen and oxygen atoms in total. The van der Waals surface area contributed by atoms with Crippen molar-refractivity contribution >= 4 is 52.6 Å². The summed E-state index contributed by atoms with van der Waals surface area (Å²) in [5.74, 6) is 2.84. The summed E-state index contributed by atoms with van der Waals surface area (Å²) in [6.45, 7) is 14.0. The van der Waals surface area contributed by atoms with Crippen LogP contribution in [0.3, 0.4) is 0 Å². The van der Waals surface area contributed by atoms with Crippen molar-refractivity contribution in [2.75, 3.05) is 100.0 Å². The Bertz CT molecular complexity index is 2890. The number of primary amides is 1. The fourth-order valence-electron chi connectivity index (χ4n) is 15.3. The van der Waals surface area contributed by atoms with Gasteiger partial charge in [0.25, 0.3) is 5.91 Å². The number of hydrogen-bond acceptors (Lipinski definition) is 14. The second-order valence-electron chi connectivity index (χ2n) is 25.1. The van der Waals surface area contributed by atoms with Crippen molar-refractivity contribution in [3.8, 4) is 6.07 Å². The number of urea groups is 2. The maximum absolute atomic E-state index is 12.9. The molecule has 2 aromatic heterocycles. The second kappa shape index (κ2) is 26.4. The molecule has 0 unspecified atom stereocenters. The van der Waals surface area contributed by atoms with Gasteiger partial charge in [-0.2, -0.15) is 5.26 Å². The third-order valence-electron chi connectivity index (χ3n) is 20.1. The molecule has 2 saturated carbocycles. The summed E-state index contributed by atoms with van der Waals surface area (Å²) < 4.78 is 0. The lowest BCUT2D eigenvalue weighted by Crippen LogP contribution is -2.60. The van der Waals surface area contributed by atoms with E-state index in [1.807, 2.05) is 33.7 Å². The Balaban J connectivity index is 0.000000174. The van der Waals surface area contributed by atoms with Crippen LogP contribution in [-0.4, -0.2) is 183 Å². The Morgan fingerprint density at radius 2 is 0.928 bits per heavy atom. The number of nitrogens with two attached hydrogens (primary N) is 1. The first kappa shape index (κ1) is 58.0. The van der Waals surface area contributed by atoms with Crippen LogP contribution in [0.5, 0.6) is 0 Å². The van der Waals surface area contributed by atoms with Crippen LogP contribution in [0, 0.1) is 11.3 Å². The number of carbonyl (C=O) groups is 3. The molecule has 4 atom stereocenters. The Labute approximate surface area is 492 Å². The molecule has 8 fully saturated rings. The average molecular weight is 1130 g/mol. The van der Waals surface area contributed by atoms with Gasteiger partial charge in [0.1, 0.15) is 17.7 Å². The van der Waals surface area contributed by atoms with Crippen molar-refractivity contribution in [3.05, 3.63) is 83.4 Å². The number of nitrogens with zero attached hydrogens (tertiary/aromatic N) is 13. The number of nitriles is 1. The molecule has 6 saturated heterocycles. The summed E-state index contributed by atoms with van der Waals surface area (Å²) >= 11 is 0. The van der Waals surface area contributed by atoms with Gasteiger partial charge in [0.05, 0.1) is 24.5 Å². The van der Waals surface area contributed by atoms with Gasteiger partial charge in [-0.05, 0) is 177 Å². The van der Waals surface area contributed by atoms with Crippen LogP contribution in [0.4, 0.5) is 44.2 Å². The molecule has 8 aliphatic rings. The highest BCUT2D eigenvalue weighted by molar-refractivity contribution is 5.96. The van der Waals surface area contributed by atoms with Gasteiger partial charge in [-0.1, -0.05) is 49.9 Å². The first-order chi connectivity index (χ1) is 40.4. The molecule has 12 rings (SSSR count). The predicted octanol–water partition coefficient (Wildman–Crippen LogP) is 9.88. The van der Waals surface area contributed by atoms with E-state index in [0.717, 1.165) is 107 Å². The number of aromatic nitrogens is 4. The third-order valence-corrected chi connectivity index (χ3v) is 20.1. The largest absolute Gasteiger partial charge is 0.364 e. The third kappa shape index (κ3) is 13.1. The molecule has 444 valence electrons. The van der Waals surface area contributed by atoms with E-state index in [1.54, 1.807) is 12.4 Å². The Hall–Kier alpha value is -6.78. The molecular formula is C64H90N16O3. The van der Waals surface area contributed by atoms with Gasteiger partial charge in [0.15, 0.2) is 23.0 Å². The molecular weight excluding hydrogens is 1040 g/mol. The van der Waals surface area contributed by atoms with Crippen molar-refractivity contribution in [2.24, 2.45) is 5.73 Å². The molecule has 4 N–H and O–H groups in total. The van der Waals surface area contributed by atoms with Crippen molar-refractivity contribution < 1.29 is 14.4 Å². The highest BCUT2D eigenvalue weighted by Crippen LogP contribution is 2.37. The van der Waals surface area contributed by atoms with Crippen LogP contribution in [0.25, 0.3) is 0 Å². The van der Waals surface area contributed by atoms with Gasteiger partial charge in [0.2, 0.25) is 0 Å². The average Bonchev–Trinajstić information content (AvgIpc) is 4.27. The van der Waals surface area contributed by atoms with Crippen LogP contribution in [0.2, 0.25) is 0 Å². The van der Waals surface area contributed by atoms with Crippen molar-refractivity contribution in [1.29, 1.82) is 5.26 Å². The number of amides is 5. The second-order valence-corrected chi connectivity index (χ2v) is 25.1. The smallest absolute Gasteiger partial charge is 0.320 e. The van der Waals surface area contributed by atoms with Crippen LogP contribution in [0.1, 0.15) is 169 Å². The molecule has 0 bridgehead atoms. The summed E-state index contributed by atoms with van der Waals surface area (Å²) in [5.41, 5.74) is 10.6. The first-order valence-electron chi connectivity index (χ1n) is 31.6. The van der Waals surface area contributed by atoms with Gasteiger partial charge >= 0.3 is 12.1 Å². The van der Waals surface area contributed by atoms with E-state index in [9.17, 15) is 19.6 Å². The molecule has 0 spiro atoms. The maximum atomic E-state index is 12.9. The van der Waals surface area contributed by atoms with Crippen LogP contribution < -0.4 is 26.2 Å². The van der Waals surface area contributed by atoms with Gasteiger partial charge in [-0.25, -0.2) is 29.5 Å². The van der Waals surface area contributed by atoms with Crippen molar-refractivity contribution in [2.45, 2.75) is 178 Å². The van der Waals surface area contributed by atoms with E-state index in [0.29, 0.717) is 29.3 Å². The quantitative estimate of drug-likeness (QED) is 0.114. The van der Waals surface area contributed by atoms with Crippen LogP contribution in [0.15, 0.2) is 60.9 Å². The van der Waals surface area contributed by atoms with Crippen LogP contribution in [-0.2, 0) is 0 Å². The number of benzene rings is 2. The lowest BCUT2D eigenvalue weighted by atomic mass is 9.88. The number of nitrogens with one attached hydrogen (secondary N) is 2. The number of rotatable bonds is 13. The standard InChI is InChI=1S/C32H46N8O2.C32H44N8O/c1-22-27(40-18-6-16-37(2)32(40)42)9-5-17-39(22)28-21-34-29(30(33)41)31(36-28)35-25-12-10-23(11-13-25)24-14-19-38(20-15-24)26-7-3-4-8-26;1-23-29(40-18-6-16-37(2)32(40)41)9-5-17-39(23)30-22-34-28(21-33)31(36-30)35-26-12-10-24(11-13-26)25-14-19-38(20-15-25)27-7-3-4-8-27/h10-13,21-22,24,26-27H,3-9,14-20H2,1-2H3,(H2,33,41)(H,35,36);10-13,22-23,25,27,29H,3-9,14-20H2,1-2H3,(H,35,36)/t22-,27-;23-,29-/m11/s1. The van der Waals surface area contributed by atoms with E-state index >= 15 is 0 Å². The lowest BCUT2D eigenvalue weighted by molar-refractivity contribution is 0.0991. The number of piperidine rings is 4. The van der Waals surface area contributed by atoms with Crippen molar-refractivity contribution in [1.82, 2.24) is 49.3 Å². The Morgan fingerprint density at radius 1 is 0.518 bits per heavy atom. The minimum Gasteiger partial charge on any atom is -0.364 e. The Kier molecular flexibility index (Phi) is 18.5. The van der Waals surface area contributed by atoms with Crippen LogP contribution >= 0.6 is 0 Å². The molecule has 83 heavy (non-hydrogen) atoms. The SMILES string of the molecule is C[C@@H]1[C@H](N2CCCN(C)C2=O)CCCN1c1cnc(C#N)c(Nc2ccc(C3CCN(C4CCCC4)CC3)cc2)n1.C[C@@H]1[C@H](N2CCCN(C)C2=O)CCCN1c1cnc(C(N)=O)c(Nc2ccc(C3CCN(C4CCCC4)CC3)cc2)n1. The molecule has 2 aromatic carbocycles. The molecule has 0 radical (unpaired) electrons. The molecule has 2 aliphatic carbocycles. The van der Waals surface area contributed by atoms with E-state index in [1.165, 1.54) is 114 Å². The molecule has 4 aromatic rings. The first-order valence-corrected chi connectivity index (χ1v) is 31.6. The normalized spacial score (nSPS) is 24.9. The zero-order valence-corrected chi connectivity index (χ0v) is 49.8. The molecule has 19 heteroatoms. The van der Waals surface area contributed by atoms with Gasteiger partial charge in [-0.3, -0.25) is 4.79 Å². The lowest BCUT2D eigenvalue weighted by Gasteiger charge is -2.47. The number of carbonyl (C=O) groups excluding carboxylic acids is 3. The zero-order chi connectivity index (χ0) is 57.6. The summed E-state index contributed by atoms with van der Waals surface area (Å²) in [4.78, 5) is 74.4. The predicted molar refractivity (Wildman–Crippen MR) is 327 cm³/mol. The fraction of sp³-hybridized carbons (Fsp3) is 0.625. The van der Waals surface area contributed by atoms with E-state index < -0.39 is 5.91 Å². The Morgan fingerprint density at radius 3 is 1.36 bits per heavy atom. The molecule has 6 aliphatic heterocycles. The molecule has 8 heterocycles. The number of hydrogen-bond donors (Lipinski definition) is 3. The topological polar surface area (TPSA) is 203 Å². The number of anilines is 6. The zero-order valence-electron chi connectivity index (χ0n) is 49.8. The van der Waals surface area contributed by atoms with Gasteiger partial charge < -0.3 is 55.6 Å². The fourth-order valence-corrected chi connectivity index (χ4v) is 15.3. The summed E-state index contributed by atoms with van der Waals surface area (Å²) in [6, 6.07) is 21.6. The van der Waals surface area contributed by atoms with E-state index in [-0.39, 0.29) is 47.6 Å². The van der Waals surface area contributed by atoms with Gasteiger partial charge in [0, 0.05) is 88.9 Å². The highest BCUT2D eigenvalue weighted by atomic mass is 16.2. The van der Waals surface area contributed by atoms with Crippen molar-refractivity contribution in [3.63, 3.8) is 0 Å². The maximum Gasteiger partial charge on any atom is 0.320 e. The number of likely N-dealkylation sites (tertiary alicyclic amines) is 2. The summed E-state index contributed by atoms with van der Waals surface area (Å²) in [6.07, 6.45) is 25.1. The highest BCUT2D eigenvalue weighted by Gasteiger charge is 2.40. The minimum atomic E-state index is -0.617.